The van der Waals surface area contributed by atoms with E-state index in [0.29, 0.717) is 11.8 Å². The van der Waals surface area contributed by atoms with Gasteiger partial charge in [0.2, 0.25) is 0 Å². The van der Waals surface area contributed by atoms with E-state index in [-0.39, 0.29) is 6.23 Å². The maximum absolute atomic E-state index is 10.7. The molecule has 0 aromatic heterocycles. The van der Waals surface area contributed by atoms with Gasteiger partial charge in [0.05, 0.1) is 0 Å². The van der Waals surface area contributed by atoms with Gasteiger partial charge in [0.15, 0.2) is 0 Å². The van der Waals surface area contributed by atoms with Crippen LogP contribution in [-0.2, 0) is 4.74 Å². The number of rotatable bonds is 10. The number of ether oxygens (including phenoxy) is 1. The predicted molar refractivity (Wildman–Crippen MR) is 153 cm³/mol. The van der Waals surface area contributed by atoms with Crippen LogP contribution in [0.4, 0.5) is 0 Å². The predicted octanol–water partition coefficient (Wildman–Crippen LogP) is 5.66. The van der Waals surface area contributed by atoms with E-state index in [1.54, 1.807) is 0 Å². The molecule has 2 aliphatic carbocycles. The van der Waals surface area contributed by atoms with Gasteiger partial charge in [-0.05, 0) is 114 Å². The number of piperazine rings is 1. The highest BCUT2D eigenvalue weighted by Crippen LogP contribution is 2.38. The second kappa shape index (κ2) is 14.2. The molecular weight excluding hydrogens is 466 g/mol. The lowest BCUT2D eigenvalue weighted by Gasteiger charge is -2.33. The summed E-state index contributed by atoms with van der Waals surface area (Å²) in [5.74, 6) is 4.23. The molecule has 202 valence electrons. The van der Waals surface area contributed by atoms with Gasteiger partial charge in [-0.25, -0.2) is 0 Å². The Morgan fingerprint density at radius 2 is 1.83 bits per heavy atom. The van der Waals surface area contributed by atoms with Gasteiger partial charge >= 0.3 is 0 Å². The lowest BCUT2D eigenvalue weighted by Crippen LogP contribution is -2.45. The summed E-state index contributed by atoms with van der Waals surface area (Å²) >= 11 is 1.99. The fourth-order valence-electron chi connectivity index (χ4n) is 5.81. The van der Waals surface area contributed by atoms with Crippen molar-refractivity contribution in [2.45, 2.75) is 77.9 Å². The molecule has 0 bridgehead atoms. The van der Waals surface area contributed by atoms with E-state index in [1.165, 1.54) is 60.8 Å². The fourth-order valence-corrected chi connectivity index (χ4v) is 6.93. The first-order valence-electron chi connectivity index (χ1n) is 14.4. The molecule has 4 rings (SSSR count). The van der Waals surface area contributed by atoms with Gasteiger partial charge in [0.1, 0.15) is 17.7 Å². The summed E-state index contributed by atoms with van der Waals surface area (Å²) in [4.78, 5) is 6.45. The molecule has 1 saturated heterocycles. The molecule has 6 heteroatoms. The van der Waals surface area contributed by atoms with Gasteiger partial charge in [0, 0.05) is 37.8 Å². The lowest BCUT2D eigenvalue weighted by atomic mass is 9.80. The number of likely N-dealkylation sites (N-methyl/N-ethyl adjacent to an activating group) is 1. The first-order chi connectivity index (χ1) is 17.5. The fraction of sp³-hybridized carbons (Fsp3) is 0.733. The van der Waals surface area contributed by atoms with Crippen LogP contribution >= 0.6 is 11.8 Å². The summed E-state index contributed by atoms with van der Waals surface area (Å²) in [5.41, 5.74) is 2.95. The zero-order valence-corrected chi connectivity index (χ0v) is 23.8. The van der Waals surface area contributed by atoms with Crippen LogP contribution in [0, 0.1) is 11.8 Å². The van der Waals surface area contributed by atoms with Gasteiger partial charge in [-0.3, -0.25) is 5.32 Å². The Morgan fingerprint density at radius 3 is 2.56 bits per heavy atom. The molecule has 4 aliphatic rings. The summed E-state index contributed by atoms with van der Waals surface area (Å²) in [7, 11) is 2.20. The maximum Gasteiger partial charge on any atom is 0.107 e. The van der Waals surface area contributed by atoms with Crippen LogP contribution in [-0.4, -0.2) is 73.2 Å². The summed E-state index contributed by atoms with van der Waals surface area (Å²) in [6.07, 6.45) is 16.6. The highest BCUT2D eigenvalue weighted by molar-refractivity contribution is 8.03. The van der Waals surface area contributed by atoms with Gasteiger partial charge in [0.25, 0.3) is 0 Å². The van der Waals surface area contributed by atoms with Crippen LogP contribution in [0.1, 0.15) is 71.6 Å². The zero-order chi connectivity index (χ0) is 25.3. The number of aliphatic hydroxyl groups is 1. The molecule has 1 saturated carbocycles. The molecular formula is C30H49N3O2S. The Bertz CT molecular complexity index is 833. The topological polar surface area (TPSA) is 48.0 Å². The Labute approximate surface area is 224 Å². The van der Waals surface area contributed by atoms with Crippen molar-refractivity contribution in [1.82, 2.24) is 15.1 Å². The Balaban J connectivity index is 1.15. The molecule has 0 radical (unpaired) electrons. The number of nitrogens with one attached hydrogen (secondary N) is 1. The number of thioether (sulfide) groups is 1. The quantitative estimate of drug-likeness (QED) is 0.289. The third kappa shape index (κ3) is 8.49. The lowest BCUT2D eigenvalue weighted by molar-refractivity contribution is 0.0436. The van der Waals surface area contributed by atoms with Crippen molar-refractivity contribution in [2.75, 3.05) is 52.1 Å². The summed E-state index contributed by atoms with van der Waals surface area (Å²) < 4.78 is 6.47. The third-order valence-electron chi connectivity index (χ3n) is 8.53. The molecule has 1 unspecified atom stereocenters. The van der Waals surface area contributed by atoms with Crippen LogP contribution < -0.4 is 5.32 Å². The van der Waals surface area contributed by atoms with Crippen LogP contribution in [0.5, 0.6) is 0 Å². The van der Waals surface area contributed by atoms with Crippen molar-refractivity contribution in [3.05, 3.63) is 45.8 Å². The molecule has 2 heterocycles. The summed E-state index contributed by atoms with van der Waals surface area (Å²) in [5, 5.41) is 14.2. The average Bonchev–Trinajstić information content (AvgIpc) is 3.08. The average molecular weight is 516 g/mol. The van der Waals surface area contributed by atoms with Gasteiger partial charge in [-0.1, -0.05) is 17.7 Å². The van der Waals surface area contributed by atoms with Crippen LogP contribution in [0.2, 0.25) is 0 Å². The maximum atomic E-state index is 10.7. The monoisotopic (exact) mass is 515 g/mol. The molecule has 2 N–H and O–H groups in total. The van der Waals surface area contributed by atoms with E-state index >= 15 is 0 Å². The summed E-state index contributed by atoms with van der Waals surface area (Å²) in [6.45, 7) is 11.1. The third-order valence-corrected chi connectivity index (χ3v) is 9.74. The molecule has 0 aromatic carbocycles. The summed E-state index contributed by atoms with van der Waals surface area (Å²) in [6, 6.07) is 0. The number of hydrogen-bond acceptors (Lipinski definition) is 6. The minimum atomic E-state index is -0.375. The SMILES string of the molecule is CC1=CC=C(SCC2=C(C)OC(C3CCC(C(O)NCCCN4CCN(C)CC4)CC3)=CCC2)CC1. The Morgan fingerprint density at radius 1 is 1.06 bits per heavy atom. The molecule has 36 heavy (non-hydrogen) atoms. The molecule has 1 atom stereocenters. The van der Waals surface area contributed by atoms with E-state index in [1.807, 2.05) is 11.8 Å². The van der Waals surface area contributed by atoms with Crippen molar-refractivity contribution in [2.24, 2.45) is 11.8 Å². The van der Waals surface area contributed by atoms with Gasteiger partial charge < -0.3 is 19.6 Å². The Hall–Kier alpha value is -1.05. The van der Waals surface area contributed by atoms with Crippen molar-refractivity contribution in [3.8, 4) is 0 Å². The smallest absolute Gasteiger partial charge is 0.107 e. The number of allylic oxidation sites excluding steroid dienone is 7. The Kier molecular flexibility index (Phi) is 11.0. The highest BCUT2D eigenvalue weighted by atomic mass is 32.2. The standard InChI is InChI=1S/C30H49N3O2S/c1-23-8-14-28(15-9-23)36-22-27-6-4-7-29(35-24(27)2)25-10-12-26(13-11-25)30(34)31-16-5-17-33-20-18-32(3)19-21-33/h7-8,14,25-26,30-31,34H,4-6,9-13,15-22H2,1-3H3. The van der Waals surface area contributed by atoms with E-state index < -0.39 is 0 Å². The van der Waals surface area contributed by atoms with Crippen LogP contribution in [0.15, 0.2) is 45.8 Å². The highest BCUT2D eigenvalue weighted by Gasteiger charge is 2.29. The van der Waals surface area contributed by atoms with Crippen LogP contribution in [0.25, 0.3) is 0 Å². The van der Waals surface area contributed by atoms with Crippen molar-refractivity contribution in [1.29, 1.82) is 0 Å². The minimum absolute atomic E-state index is 0.362. The second-order valence-corrected chi connectivity index (χ2v) is 12.5. The number of nitrogens with zero attached hydrogens (tertiary/aromatic N) is 2. The molecule has 2 fully saturated rings. The largest absolute Gasteiger partial charge is 0.466 e. The number of hydrogen-bond donors (Lipinski definition) is 2. The van der Waals surface area contributed by atoms with Gasteiger partial charge in [-0.15, -0.1) is 11.8 Å². The molecule has 0 aromatic rings. The van der Waals surface area contributed by atoms with Crippen molar-refractivity contribution in [3.63, 3.8) is 0 Å². The van der Waals surface area contributed by atoms with Gasteiger partial charge in [-0.2, -0.15) is 0 Å². The molecule has 0 spiro atoms. The molecule has 0 amide bonds. The first kappa shape index (κ1) is 28.0. The normalized spacial score (nSPS) is 27.6. The zero-order valence-electron chi connectivity index (χ0n) is 22.9. The van der Waals surface area contributed by atoms with Crippen molar-refractivity contribution >= 4 is 11.8 Å². The van der Waals surface area contributed by atoms with E-state index in [2.05, 4.69) is 54.2 Å². The first-order valence-corrected chi connectivity index (χ1v) is 15.3. The minimum Gasteiger partial charge on any atom is -0.466 e. The van der Waals surface area contributed by atoms with E-state index in [0.717, 1.165) is 69.5 Å². The molecule has 5 nitrogen and oxygen atoms in total. The van der Waals surface area contributed by atoms with E-state index in [9.17, 15) is 5.11 Å². The molecule has 2 aliphatic heterocycles. The number of aliphatic hydroxyl groups excluding tert-OH is 1. The van der Waals surface area contributed by atoms with E-state index in [4.69, 9.17) is 4.74 Å². The van der Waals surface area contributed by atoms with Crippen molar-refractivity contribution < 1.29 is 9.84 Å². The van der Waals surface area contributed by atoms with Crippen LogP contribution in [0.3, 0.4) is 0 Å². The second-order valence-electron chi connectivity index (χ2n) is 11.4.